The SMILES string of the molecule is COc1cc(OC)c(OC)c2c1CCO2. The fourth-order valence-corrected chi connectivity index (χ4v) is 1.80. The molecule has 82 valence electrons. The number of fused-ring (bicyclic) bond motifs is 1. The van der Waals surface area contributed by atoms with Crippen molar-refractivity contribution in [1.29, 1.82) is 0 Å². The molecule has 15 heavy (non-hydrogen) atoms. The van der Waals surface area contributed by atoms with E-state index in [1.165, 1.54) is 0 Å². The molecule has 1 aliphatic rings. The van der Waals surface area contributed by atoms with Crippen LogP contribution in [0.2, 0.25) is 0 Å². The third-order valence-electron chi connectivity index (χ3n) is 2.51. The zero-order chi connectivity index (χ0) is 10.8. The van der Waals surface area contributed by atoms with Gasteiger partial charge in [-0.15, -0.1) is 0 Å². The molecule has 0 atom stereocenters. The van der Waals surface area contributed by atoms with Crippen LogP contribution >= 0.6 is 0 Å². The van der Waals surface area contributed by atoms with E-state index in [1.54, 1.807) is 21.3 Å². The molecular weight excluding hydrogens is 196 g/mol. The maximum atomic E-state index is 5.52. The van der Waals surface area contributed by atoms with Crippen LogP contribution in [0.15, 0.2) is 6.07 Å². The highest BCUT2D eigenvalue weighted by atomic mass is 16.5. The summed E-state index contributed by atoms with van der Waals surface area (Å²) in [5.74, 6) is 2.81. The summed E-state index contributed by atoms with van der Waals surface area (Å²) in [6.07, 6.45) is 0.846. The van der Waals surface area contributed by atoms with Gasteiger partial charge in [0.1, 0.15) is 5.75 Å². The summed E-state index contributed by atoms with van der Waals surface area (Å²) in [6.45, 7) is 0.662. The Labute approximate surface area is 88.7 Å². The van der Waals surface area contributed by atoms with Crippen LogP contribution in [0.25, 0.3) is 0 Å². The van der Waals surface area contributed by atoms with Crippen molar-refractivity contribution in [1.82, 2.24) is 0 Å². The summed E-state index contributed by atoms with van der Waals surface area (Å²) in [4.78, 5) is 0. The van der Waals surface area contributed by atoms with Gasteiger partial charge in [0.2, 0.25) is 5.75 Å². The Morgan fingerprint density at radius 2 is 1.80 bits per heavy atom. The van der Waals surface area contributed by atoms with Crippen LogP contribution in [0.4, 0.5) is 0 Å². The number of benzene rings is 1. The van der Waals surface area contributed by atoms with Gasteiger partial charge in [-0.3, -0.25) is 0 Å². The monoisotopic (exact) mass is 210 g/mol. The molecule has 1 aromatic carbocycles. The first-order valence-electron chi connectivity index (χ1n) is 4.76. The lowest BCUT2D eigenvalue weighted by molar-refractivity contribution is 0.307. The van der Waals surface area contributed by atoms with Crippen LogP contribution in [0.3, 0.4) is 0 Å². The average molecular weight is 210 g/mol. The molecule has 0 bridgehead atoms. The summed E-state index contributed by atoms with van der Waals surface area (Å²) < 4.78 is 21.3. The van der Waals surface area contributed by atoms with Crippen molar-refractivity contribution in [2.75, 3.05) is 27.9 Å². The van der Waals surface area contributed by atoms with Crippen molar-refractivity contribution in [3.8, 4) is 23.0 Å². The van der Waals surface area contributed by atoms with E-state index in [0.717, 1.165) is 23.5 Å². The molecule has 1 aliphatic heterocycles. The molecule has 0 N–H and O–H groups in total. The van der Waals surface area contributed by atoms with Gasteiger partial charge in [-0.1, -0.05) is 0 Å². The van der Waals surface area contributed by atoms with E-state index in [9.17, 15) is 0 Å². The second-order valence-corrected chi connectivity index (χ2v) is 3.22. The third-order valence-corrected chi connectivity index (χ3v) is 2.51. The Morgan fingerprint density at radius 3 is 2.40 bits per heavy atom. The van der Waals surface area contributed by atoms with Crippen molar-refractivity contribution in [2.24, 2.45) is 0 Å². The maximum absolute atomic E-state index is 5.52. The molecule has 4 nitrogen and oxygen atoms in total. The lowest BCUT2D eigenvalue weighted by atomic mass is 10.1. The van der Waals surface area contributed by atoms with Gasteiger partial charge in [0, 0.05) is 18.1 Å². The minimum Gasteiger partial charge on any atom is -0.496 e. The normalized spacial score (nSPS) is 13.0. The summed E-state index contributed by atoms with van der Waals surface area (Å²) in [5, 5.41) is 0. The van der Waals surface area contributed by atoms with Crippen molar-refractivity contribution >= 4 is 0 Å². The molecule has 2 rings (SSSR count). The van der Waals surface area contributed by atoms with Crippen LogP contribution in [-0.2, 0) is 6.42 Å². The summed E-state index contributed by atoms with van der Waals surface area (Å²) in [6, 6.07) is 1.83. The van der Waals surface area contributed by atoms with E-state index in [-0.39, 0.29) is 0 Å². The number of hydrogen-bond acceptors (Lipinski definition) is 4. The van der Waals surface area contributed by atoms with Gasteiger partial charge in [-0.05, 0) is 0 Å². The van der Waals surface area contributed by atoms with Crippen LogP contribution in [-0.4, -0.2) is 27.9 Å². The molecule has 0 aromatic heterocycles. The molecular formula is C11H14O4. The van der Waals surface area contributed by atoms with Crippen LogP contribution in [0.1, 0.15) is 5.56 Å². The lowest BCUT2D eigenvalue weighted by Gasteiger charge is -2.14. The zero-order valence-electron chi connectivity index (χ0n) is 9.12. The second kappa shape index (κ2) is 3.88. The zero-order valence-corrected chi connectivity index (χ0v) is 9.12. The first-order chi connectivity index (χ1) is 7.31. The maximum Gasteiger partial charge on any atom is 0.203 e. The lowest BCUT2D eigenvalue weighted by Crippen LogP contribution is -1.96. The van der Waals surface area contributed by atoms with Crippen molar-refractivity contribution in [2.45, 2.75) is 6.42 Å². The van der Waals surface area contributed by atoms with Crippen LogP contribution in [0, 0.1) is 0 Å². The molecule has 1 heterocycles. The van der Waals surface area contributed by atoms with E-state index in [0.29, 0.717) is 18.1 Å². The van der Waals surface area contributed by atoms with Gasteiger partial charge in [-0.25, -0.2) is 0 Å². The summed E-state index contributed by atoms with van der Waals surface area (Å²) in [5.41, 5.74) is 1.05. The minimum absolute atomic E-state index is 0.634. The van der Waals surface area contributed by atoms with E-state index in [4.69, 9.17) is 18.9 Å². The molecule has 4 heteroatoms. The molecule has 0 spiro atoms. The third kappa shape index (κ3) is 1.46. The Hall–Kier alpha value is -1.58. The molecule has 0 aliphatic carbocycles. The number of rotatable bonds is 3. The van der Waals surface area contributed by atoms with Crippen LogP contribution in [0.5, 0.6) is 23.0 Å². The molecule has 0 radical (unpaired) electrons. The fourth-order valence-electron chi connectivity index (χ4n) is 1.80. The predicted molar refractivity (Wildman–Crippen MR) is 55.3 cm³/mol. The van der Waals surface area contributed by atoms with Gasteiger partial charge < -0.3 is 18.9 Å². The second-order valence-electron chi connectivity index (χ2n) is 3.22. The summed E-state index contributed by atoms with van der Waals surface area (Å²) in [7, 11) is 4.84. The largest absolute Gasteiger partial charge is 0.496 e. The van der Waals surface area contributed by atoms with Gasteiger partial charge >= 0.3 is 0 Å². The number of hydrogen-bond donors (Lipinski definition) is 0. The Morgan fingerprint density at radius 1 is 1.07 bits per heavy atom. The summed E-state index contributed by atoms with van der Waals surface area (Å²) >= 11 is 0. The smallest absolute Gasteiger partial charge is 0.203 e. The standard InChI is InChI=1S/C11H14O4/c1-12-8-6-9(13-2)11(14-3)10-7(8)4-5-15-10/h6H,4-5H2,1-3H3. The molecule has 0 saturated carbocycles. The average Bonchev–Trinajstić information content (AvgIpc) is 2.75. The van der Waals surface area contributed by atoms with Gasteiger partial charge in [0.15, 0.2) is 11.5 Å². The first-order valence-corrected chi connectivity index (χ1v) is 4.76. The van der Waals surface area contributed by atoms with Crippen molar-refractivity contribution < 1.29 is 18.9 Å². The van der Waals surface area contributed by atoms with Gasteiger partial charge in [-0.2, -0.15) is 0 Å². The molecule has 0 unspecified atom stereocenters. The van der Waals surface area contributed by atoms with Crippen molar-refractivity contribution in [3.05, 3.63) is 11.6 Å². The quantitative estimate of drug-likeness (QED) is 0.760. The molecule has 1 aromatic rings. The minimum atomic E-state index is 0.634. The van der Waals surface area contributed by atoms with E-state index in [2.05, 4.69) is 0 Å². The van der Waals surface area contributed by atoms with E-state index >= 15 is 0 Å². The predicted octanol–water partition coefficient (Wildman–Crippen LogP) is 1.65. The van der Waals surface area contributed by atoms with E-state index < -0.39 is 0 Å². The van der Waals surface area contributed by atoms with E-state index in [1.807, 2.05) is 6.07 Å². The molecule has 0 fully saturated rings. The Bertz CT molecular complexity index is 373. The van der Waals surface area contributed by atoms with Gasteiger partial charge in [0.05, 0.1) is 27.9 Å². The highest BCUT2D eigenvalue weighted by molar-refractivity contribution is 5.62. The number of methoxy groups -OCH3 is 3. The topological polar surface area (TPSA) is 36.9 Å². The highest BCUT2D eigenvalue weighted by Crippen LogP contribution is 2.47. The van der Waals surface area contributed by atoms with Crippen molar-refractivity contribution in [3.63, 3.8) is 0 Å². The Balaban J connectivity index is 2.60. The van der Waals surface area contributed by atoms with Crippen LogP contribution < -0.4 is 18.9 Å². The number of ether oxygens (including phenoxy) is 4. The molecule has 0 saturated heterocycles. The molecule has 0 amide bonds. The first kappa shape index (κ1) is 9.96. The van der Waals surface area contributed by atoms with Gasteiger partial charge in [0.25, 0.3) is 0 Å². The fraction of sp³-hybridized carbons (Fsp3) is 0.455. The Kier molecular flexibility index (Phi) is 2.58. The highest BCUT2D eigenvalue weighted by Gasteiger charge is 2.25.